The number of hydrogen-bond acceptors (Lipinski definition) is 8. The normalized spacial score (nSPS) is 10.7. The van der Waals surface area contributed by atoms with Crippen molar-refractivity contribution in [2.24, 2.45) is 0 Å². The van der Waals surface area contributed by atoms with E-state index < -0.39 is 0 Å². The van der Waals surface area contributed by atoms with Gasteiger partial charge in [-0.05, 0) is 64.3 Å². The molecule has 0 aliphatic carbocycles. The number of rotatable bonds is 18. The highest BCUT2D eigenvalue weighted by Crippen LogP contribution is 2.35. The Kier molecular flexibility index (Phi) is 13.3. The van der Waals surface area contributed by atoms with Crippen LogP contribution in [-0.4, -0.2) is 49.1 Å². The van der Waals surface area contributed by atoms with Crippen molar-refractivity contribution in [3.63, 3.8) is 0 Å². The minimum atomic E-state index is -0.271. The fraction of sp³-hybridized carbons (Fsp3) is 0.516. The molecule has 0 fully saturated rings. The van der Waals surface area contributed by atoms with Crippen LogP contribution in [-0.2, 0) is 22.4 Å². The molecule has 0 amide bonds. The lowest BCUT2D eigenvalue weighted by Gasteiger charge is -2.19. The Bertz CT molecular complexity index is 1120. The number of Topliss-reactive ketones (excluding diaryl/α,β-unsaturated/α-hetero) is 2. The molecule has 0 heterocycles. The standard InChI is InChI=1S/C31H42O8/c1-6-11-25-27(16-14-23(21(4)32)30(25)35)37-19-10-20-38-28-17-15-24(22(5)33)31(26(28)12-7-2)39-18-9-13-29(34)36-8-3/h14-17,35H,6-13,18-20H2,1-5H3. The van der Waals surface area contributed by atoms with E-state index in [1.807, 2.05) is 13.8 Å². The molecule has 0 unspecified atom stereocenters. The van der Waals surface area contributed by atoms with Crippen LogP contribution in [0, 0.1) is 0 Å². The number of aromatic hydroxyl groups is 1. The maximum Gasteiger partial charge on any atom is 0.305 e. The highest BCUT2D eigenvalue weighted by Gasteiger charge is 2.19. The van der Waals surface area contributed by atoms with E-state index >= 15 is 0 Å². The molecule has 8 heteroatoms. The van der Waals surface area contributed by atoms with Crippen LogP contribution in [0.1, 0.15) is 98.6 Å². The smallest absolute Gasteiger partial charge is 0.305 e. The van der Waals surface area contributed by atoms with E-state index in [4.69, 9.17) is 18.9 Å². The molecule has 2 aromatic carbocycles. The number of esters is 1. The second-order valence-corrected chi connectivity index (χ2v) is 9.28. The minimum Gasteiger partial charge on any atom is -0.507 e. The third kappa shape index (κ3) is 9.30. The maximum absolute atomic E-state index is 12.3. The van der Waals surface area contributed by atoms with Gasteiger partial charge in [0, 0.05) is 24.0 Å². The average molecular weight is 543 g/mol. The predicted molar refractivity (Wildman–Crippen MR) is 150 cm³/mol. The van der Waals surface area contributed by atoms with Gasteiger partial charge in [-0.2, -0.15) is 0 Å². The Morgan fingerprint density at radius 3 is 1.82 bits per heavy atom. The van der Waals surface area contributed by atoms with Crippen LogP contribution >= 0.6 is 0 Å². The van der Waals surface area contributed by atoms with Gasteiger partial charge in [0.1, 0.15) is 23.0 Å². The first-order chi connectivity index (χ1) is 18.7. The summed E-state index contributed by atoms with van der Waals surface area (Å²) in [5.41, 5.74) is 2.26. The molecule has 0 aliphatic heterocycles. The lowest BCUT2D eigenvalue weighted by atomic mass is 10.0. The number of benzene rings is 2. The van der Waals surface area contributed by atoms with Crippen molar-refractivity contribution in [2.45, 2.75) is 79.6 Å². The Morgan fingerprint density at radius 1 is 0.718 bits per heavy atom. The van der Waals surface area contributed by atoms with Crippen molar-refractivity contribution < 1.29 is 38.4 Å². The van der Waals surface area contributed by atoms with E-state index in [2.05, 4.69) is 0 Å². The third-order valence-electron chi connectivity index (χ3n) is 6.10. The Morgan fingerprint density at radius 2 is 1.26 bits per heavy atom. The van der Waals surface area contributed by atoms with Crippen molar-refractivity contribution in [2.75, 3.05) is 26.4 Å². The summed E-state index contributed by atoms with van der Waals surface area (Å²) in [6.07, 6.45) is 4.21. The summed E-state index contributed by atoms with van der Waals surface area (Å²) < 4.78 is 23.0. The second kappa shape index (κ2) is 16.4. The van der Waals surface area contributed by atoms with E-state index in [0.717, 1.165) is 18.4 Å². The summed E-state index contributed by atoms with van der Waals surface area (Å²) in [6.45, 7) is 10.1. The molecule has 0 saturated carbocycles. The molecule has 2 aromatic rings. The van der Waals surface area contributed by atoms with Crippen molar-refractivity contribution in [3.05, 3.63) is 46.5 Å². The van der Waals surface area contributed by atoms with Crippen molar-refractivity contribution in [3.8, 4) is 23.0 Å². The summed E-state index contributed by atoms with van der Waals surface area (Å²) in [5, 5.41) is 10.5. The molecule has 0 atom stereocenters. The topological polar surface area (TPSA) is 108 Å². The first-order valence-electron chi connectivity index (χ1n) is 13.8. The zero-order valence-electron chi connectivity index (χ0n) is 23.9. The maximum atomic E-state index is 12.3. The van der Waals surface area contributed by atoms with Gasteiger partial charge in [0.2, 0.25) is 0 Å². The van der Waals surface area contributed by atoms with E-state index in [9.17, 15) is 19.5 Å². The summed E-state index contributed by atoms with van der Waals surface area (Å²) in [5.74, 6) is 1.15. The molecule has 0 saturated heterocycles. The number of carbonyl (C=O) groups excluding carboxylic acids is 3. The van der Waals surface area contributed by atoms with E-state index in [0.29, 0.717) is 79.4 Å². The van der Waals surface area contributed by atoms with Crippen molar-refractivity contribution in [1.29, 1.82) is 0 Å². The van der Waals surface area contributed by atoms with Crippen LogP contribution in [0.4, 0.5) is 0 Å². The van der Waals surface area contributed by atoms with Crippen molar-refractivity contribution in [1.82, 2.24) is 0 Å². The van der Waals surface area contributed by atoms with Gasteiger partial charge >= 0.3 is 5.97 Å². The molecule has 2 rings (SSSR count). The summed E-state index contributed by atoms with van der Waals surface area (Å²) in [4.78, 5) is 35.7. The zero-order valence-corrected chi connectivity index (χ0v) is 23.9. The monoisotopic (exact) mass is 542 g/mol. The van der Waals surface area contributed by atoms with Gasteiger partial charge in [-0.25, -0.2) is 0 Å². The summed E-state index contributed by atoms with van der Waals surface area (Å²) in [6, 6.07) is 6.83. The third-order valence-corrected chi connectivity index (χ3v) is 6.10. The van der Waals surface area contributed by atoms with Gasteiger partial charge in [0.05, 0.1) is 37.6 Å². The predicted octanol–water partition coefficient (Wildman–Crippen LogP) is 6.27. The quantitative estimate of drug-likeness (QED) is 0.133. The summed E-state index contributed by atoms with van der Waals surface area (Å²) >= 11 is 0. The number of phenols is 1. The number of phenolic OH excluding ortho intramolecular Hbond substituents is 1. The lowest BCUT2D eigenvalue weighted by molar-refractivity contribution is -0.143. The van der Waals surface area contributed by atoms with E-state index in [-0.39, 0.29) is 36.3 Å². The molecular formula is C31H42O8. The van der Waals surface area contributed by atoms with Crippen molar-refractivity contribution >= 4 is 17.5 Å². The first kappa shape index (κ1) is 31.7. The molecule has 8 nitrogen and oxygen atoms in total. The van der Waals surface area contributed by atoms with Crippen LogP contribution in [0.2, 0.25) is 0 Å². The van der Waals surface area contributed by atoms with E-state index in [1.165, 1.54) is 13.8 Å². The van der Waals surface area contributed by atoms with E-state index in [1.54, 1.807) is 31.2 Å². The number of hydrogen-bond donors (Lipinski definition) is 1. The minimum absolute atomic E-state index is 0.0114. The molecular weight excluding hydrogens is 500 g/mol. The molecule has 39 heavy (non-hydrogen) atoms. The van der Waals surface area contributed by atoms with Gasteiger partial charge in [-0.3, -0.25) is 14.4 Å². The van der Waals surface area contributed by atoms with Gasteiger partial charge in [0.15, 0.2) is 11.6 Å². The van der Waals surface area contributed by atoms with Crippen LogP contribution in [0.3, 0.4) is 0 Å². The highest BCUT2D eigenvalue weighted by molar-refractivity contribution is 5.98. The average Bonchev–Trinajstić information content (AvgIpc) is 2.89. The largest absolute Gasteiger partial charge is 0.507 e. The zero-order chi connectivity index (χ0) is 28.8. The highest BCUT2D eigenvalue weighted by atomic mass is 16.5. The second-order valence-electron chi connectivity index (χ2n) is 9.28. The van der Waals surface area contributed by atoms with Crippen LogP contribution in [0.25, 0.3) is 0 Å². The molecule has 0 bridgehead atoms. The molecule has 0 aromatic heterocycles. The number of ether oxygens (including phenoxy) is 4. The SMILES string of the molecule is CCCc1c(OCCCOc2ccc(C(C)=O)c(OCCCC(=O)OCC)c2CCC)ccc(C(C)=O)c1O. The molecule has 0 spiro atoms. The fourth-order valence-electron chi connectivity index (χ4n) is 4.25. The van der Waals surface area contributed by atoms with Crippen LogP contribution in [0.5, 0.6) is 23.0 Å². The first-order valence-corrected chi connectivity index (χ1v) is 13.8. The summed E-state index contributed by atoms with van der Waals surface area (Å²) in [7, 11) is 0. The van der Waals surface area contributed by atoms with Crippen LogP contribution in [0.15, 0.2) is 24.3 Å². The van der Waals surface area contributed by atoms with Crippen LogP contribution < -0.4 is 14.2 Å². The Hall–Kier alpha value is -3.55. The van der Waals surface area contributed by atoms with Gasteiger partial charge < -0.3 is 24.1 Å². The Labute approximate surface area is 231 Å². The van der Waals surface area contributed by atoms with Gasteiger partial charge in [-0.15, -0.1) is 0 Å². The Balaban J connectivity index is 2.07. The fourth-order valence-corrected chi connectivity index (χ4v) is 4.25. The van der Waals surface area contributed by atoms with Gasteiger partial charge in [-0.1, -0.05) is 26.7 Å². The number of ketones is 2. The molecule has 214 valence electrons. The van der Waals surface area contributed by atoms with Gasteiger partial charge in [0.25, 0.3) is 0 Å². The number of carbonyl (C=O) groups is 3. The molecule has 1 N–H and O–H groups in total. The molecule has 0 aliphatic rings. The molecule has 0 radical (unpaired) electrons. The lowest BCUT2D eigenvalue weighted by Crippen LogP contribution is -2.11.